The Labute approximate surface area is 128 Å². The van der Waals surface area contributed by atoms with Crippen molar-refractivity contribution in [3.05, 3.63) is 51.7 Å². The maximum atomic E-state index is 13.6. The first-order chi connectivity index (χ1) is 9.29. The number of nitrogens with one attached hydrogen (secondary N) is 1. The van der Waals surface area contributed by atoms with Gasteiger partial charge < -0.3 is 5.73 Å². The zero-order valence-corrected chi connectivity index (χ0v) is 13.1. The van der Waals surface area contributed by atoms with Gasteiger partial charge in [-0.15, -0.1) is 0 Å². The third-order valence-electron chi connectivity index (χ3n) is 2.44. The number of anilines is 2. The van der Waals surface area contributed by atoms with Crippen molar-refractivity contribution in [2.75, 3.05) is 10.5 Å². The minimum atomic E-state index is -3.91. The molecule has 2 rings (SSSR count). The highest BCUT2D eigenvalue weighted by molar-refractivity contribution is 9.10. The Kier molecular flexibility index (Phi) is 4.22. The van der Waals surface area contributed by atoms with Crippen LogP contribution < -0.4 is 10.5 Å². The van der Waals surface area contributed by atoms with E-state index < -0.39 is 15.8 Å². The summed E-state index contributed by atoms with van der Waals surface area (Å²) in [4.78, 5) is -0.0370. The molecule has 0 spiro atoms. The average Bonchev–Trinajstić information content (AvgIpc) is 2.36. The molecule has 106 valence electrons. The van der Waals surface area contributed by atoms with Crippen LogP contribution in [0.4, 0.5) is 15.8 Å². The molecule has 2 aromatic rings. The molecule has 0 radical (unpaired) electrons. The van der Waals surface area contributed by atoms with Gasteiger partial charge in [0.05, 0.1) is 15.6 Å². The first kappa shape index (κ1) is 15.1. The predicted molar refractivity (Wildman–Crippen MR) is 80.8 cm³/mol. The van der Waals surface area contributed by atoms with E-state index in [0.29, 0.717) is 9.50 Å². The Morgan fingerprint density at radius 3 is 2.50 bits per heavy atom. The second-order valence-corrected chi connectivity index (χ2v) is 6.86. The van der Waals surface area contributed by atoms with Crippen molar-refractivity contribution < 1.29 is 12.8 Å². The normalized spacial score (nSPS) is 11.3. The lowest BCUT2D eigenvalue weighted by Gasteiger charge is -2.10. The maximum absolute atomic E-state index is 13.6. The van der Waals surface area contributed by atoms with Crippen LogP contribution in [0.3, 0.4) is 0 Å². The summed E-state index contributed by atoms with van der Waals surface area (Å²) < 4.78 is 40.4. The van der Waals surface area contributed by atoms with Gasteiger partial charge in [0.25, 0.3) is 10.0 Å². The molecule has 0 unspecified atom stereocenters. The van der Waals surface area contributed by atoms with Crippen LogP contribution in [0.2, 0.25) is 5.02 Å². The standard InChI is InChI=1S/C12H9BrClFN2O2S/c13-9-6-8(2-3-10(9)14)20(18,19)17-12-4-1-7(16)5-11(12)15/h1-6,17H,16H2. The number of sulfonamides is 1. The van der Waals surface area contributed by atoms with Gasteiger partial charge in [0.2, 0.25) is 0 Å². The van der Waals surface area contributed by atoms with E-state index in [9.17, 15) is 12.8 Å². The lowest BCUT2D eigenvalue weighted by atomic mass is 10.3. The molecule has 0 aliphatic carbocycles. The van der Waals surface area contributed by atoms with Crippen molar-refractivity contribution in [2.24, 2.45) is 0 Å². The van der Waals surface area contributed by atoms with E-state index in [1.54, 1.807) is 0 Å². The number of nitrogens with two attached hydrogens (primary N) is 1. The van der Waals surface area contributed by atoms with Gasteiger partial charge in [-0.25, -0.2) is 12.8 Å². The van der Waals surface area contributed by atoms with Gasteiger partial charge in [-0.3, -0.25) is 4.72 Å². The summed E-state index contributed by atoms with van der Waals surface area (Å²) in [6.45, 7) is 0. The fraction of sp³-hybridized carbons (Fsp3) is 0. The molecule has 0 bridgehead atoms. The molecule has 4 nitrogen and oxygen atoms in total. The molecular weight excluding hydrogens is 371 g/mol. The minimum Gasteiger partial charge on any atom is -0.399 e. The zero-order chi connectivity index (χ0) is 14.9. The van der Waals surface area contributed by atoms with Crippen LogP contribution in [-0.2, 0) is 10.0 Å². The van der Waals surface area contributed by atoms with Crippen molar-refractivity contribution in [2.45, 2.75) is 4.90 Å². The monoisotopic (exact) mass is 378 g/mol. The Bertz CT molecular complexity index is 768. The van der Waals surface area contributed by atoms with Crippen LogP contribution in [0.25, 0.3) is 0 Å². The fourth-order valence-corrected chi connectivity index (χ4v) is 3.20. The topological polar surface area (TPSA) is 72.2 Å². The smallest absolute Gasteiger partial charge is 0.262 e. The van der Waals surface area contributed by atoms with Gasteiger partial charge in [-0.05, 0) is 52.3 Å². The van der Waals surface area contributed by atoms with Crippen molar-refractivity contribution >= 4 is 48.9 Å². The summed E-state index contributed by atoms with van der Waals surface area (Å²) in [6, 6.07) is 7.78. The second-order valence-electron chi connectivity index (χ2n) is 3.92. The number of hydrogen-bond donors (Lipinski definition) is 2. The van der Waals surface area contributed by atoms with Gasteiger partial charge in [0.15, 0.2) is 0 Å². The largest absolute Gasteiger partial charge is 0.399 e. The van der Waals surface area contributed by atoms with E-state index in [4.69, 9.17) is 17.3 Å². The molecule has 0 saturated heterocycles. The third-order valence-corrected chi connectivity index (χ3v) is 5.02. The van der Waals surface area contributed by atoms with Gasteiger partial charge in [-0.1, -0.05) is 11.6 Å². The summed E-state index contributed by atoms with van der Waals surface area (Å²) in [5.74, 6) is -0.749. The van der Waals surface area contributed by atoms with E-state index in [-0.39, 0.29) is 16.3 Å². The summed E-state index contributed by atoms with van der Waals surface area (Å²) in [7, 11) is -3.91. The molecule has 3 N–H and O–H groups in total. The Balaban J connectivity index is 2.38. The minimum absolute atomic E-state index is 0.0370. The third kappa shape index (κ3) is 3.23. The molecule has 0 amide bonds. The van der Waals surface area contributed by atoms with Crippen LogP contribution in [0.15, 0.2) is 45.8 Å². The highest BCUT2D eigenvalue weighted by Crippen LogP contribution is 2.27. The molecule has 20 heavy (non-hydrogen) atoms. The molecule has 0 aliphatic rings. The second kappa shape index (κ2) is 5.59. The Hall–Kier alpha value is -1.31. The van der Waals surface area contributed by atoms with Gasteiger partial charge in [0.1, 0.15) is 5.82 Å². The first-order valence-corrected chi connectivity index (χ1v) is 7.98. The molecule has 0 aromatic heterocycles. The van der Waals surface area contributed by atoms with Crippen molar-refractivity contribution in [3.63, 3.8) is 0 Å². The van der Waals surface area contributed by atoms with Crippen LogP contribution in [0, 0.1) is 5.82 Å². The van der Waals surface area contributed by atoms with Crippen molar-refractivity contribution in [1.29, 1.82) is 0 Å². The van der Waals surface area contributed by atoms with Gasteiger partial charge >= 0.3 is 0 Å². The van der Waals surface area contributed by atoms with E-state index >= 15 is 0 Å². The molecule has 0 saturated carbocycles. The molecule has 0 atom stereocenters. The predicted octanol–water partition coefficient (Wildman–Crippen LogP) is 3.62. The SMILES string of the molecule is Nc1ccc(NS(=O)(=O)c2ccc(Cl)c(Br)c2)c(F)c1. The number of benzene rings is 2. The molecule has 0 fully saturated rings. The highest BCUT2D eigenvalue weighted by Gasteiger charge is 2.17. The number of halogens is 3. The van der Waals surface area contributed by atoms with Gasteiger partial charge in [0, 0.05) is 10.2 Å². The van der Waals surface area contributed by atoms with Gasteiger partial charge in [-0.2, -0.15) is 0 Å². The van der Waals surface area contributed by atoms with Crippen LogP contribution in [0.1, 0.15) is 0 Å². The van der Waals surface area contributed by atoms with Crippen LogP contribution >= 0.6 is 27.5 Å². The van der Waals surface area contributed by atoms with Crippen molar-refractivity contribution in [3.8, 4) is 0 Å². The number of nitrogen functional groups attached to an aromatic ring is 1. The quantitative estimate of drug-likeness (QED) is 0.800. The van der Waals surface area contributed by atoms with Crippen molar-refractivity contribution in [1.82, 2.24) is 0 Å². The summed E-state index contributed by atoms with van der Waals surface area (Å²) >= 11 is 8.93. The molecule has 8 heteroatoms. The number of hydrogen-bond acceptors (Lipinski definition) is 3. The number of rotatable bonds is 3. The van der Waals surface area contributed by atoms with Crippen LogP contribution in [-0.4, -0.2) is 8.42 Å². The average molecular weight is 380 g/mol. The van der Waals surface area contributed by atoms with E-state index in [0.717, 1.165) is 6.07 Å². The lowest BCUT2D eigenvalue weighted by Crippen LogP contribution is -2.14. The van der Waals surface area contributed by atoms with E-state index in [1.807, 2.05) is 0 Å². The highest BCUT2D eigenvalue weighted by atomic mass is 79.9. The molecular formula is C12H9BrClFN2O2S. The Morgan fingerprint density at radius 1 is 1.20 bits per heavy atom. The van der Waals surface area contributed by atoms with E-state index in [2.05, 4.69) is 20.7 Å². The summed E-state index contributed by atoms with van der Waals surface area (Å²) in [6.07, 6.45) is 0. The Morgan fingerprint density at radius 2 is 1.90 bits per heavy atom. The van der Waals surface area contributed by atoms with Crippen LogP contribution in [0.5, 0.6) is 0 Å². The zero-order valence-electron chi connectivity index (χ0n) is 9.90. The lowest BCUT2D eigenvalue weighted by molar-refractivity contribution is 0.598. The molecule has 0 aliphatic heterocycles. The van der Waals surface area contributed by atoms with E-state index in [1.165, 1.54) is 30.3 Å². The molecule has 0 heterocycles. The maximum Gasteiger partial charge on any atom is 0.262 e. The summed E-state index contributed by atoms with van der Waals surface area (Å²) in [5, 5.41) is 0.377. The fourth-order valence-electron chi connectivity index (χ4n) is 1.46. The molecule has 2 aromatic carbocycles. The first-order valence-electron chi connectivity index (χ1n) is 5.32. The summed E-state index contributed by atoms with van der Waals surface area (Å²) in [5.41, 5.74) is 5.43.